The molecule has 0 aromatic heterocycles. The number of nitrogens with two attached hydrogens (primary N) is 1. The minimum Gasteiger partial charge on any atom is -0.481 e. The van der Waals surface area contributed by atoms with Crippen molar-refractivity contribution in [2.24, 2.45) is 5.73 Å². The Morgan fingerprint density at radius 3 is 2.81 bits per heavy atom. The molecule has 0 radical (unpaired) electrons. The predicted octanol–water partition coefficient (Wildman–Crippen LogP) is 2.43. The fraction of sp³-hybridized carbons (Fsp3) is 0.583. The molecule has 0 fully saturated rings. The van der Waals surface area contributed by atoms with Gasteiger partial charge in [0.15, 0.2) is 0 Å². The molecule has 0 spiro atoms. The number of carboxylic acid groups (broad SMARTS) is 1. The normalized spacial score (nSPS) is 13.5. The summed E-state index contributed by atoms with van der Waals surface area (Å²) >= 11 is 1.77. The molecule has 92 valence electrons. The largest absolute Gasteiger partial charge is 0.481 e. The highest BCUT2D eigenvalue weighted by Crippen LogP contribution is 2.12. The molecule has 0 saturated heterocycles. The first-order valence-corrected chi connectivity index (χ1v) is 6.62. The average Bonchev–Trinajstić information content (AvgIpc) is 2.21. The maximum Gasteiger partial charge on any atom is 0.304 e. The lowest BCUT2D eigenvalue weighted by molar-refractivity contribution is -0.137. The molecule has 0 aliphatic heterocycles. The Bertz CT molecular complexity index is 251. The maximum absolute atomic E-state index is 10.4. The van der Waals surface area contributed by atoms with Crippen LogP contribution in [-0.4, -0.2) is 28.6 Å². The molecule has 0 amide bonds. The molecule has 3 nitrogen and oxygen atoms in total. The van der Waals surface area contributed by atoms with Gasteiger partial charge in [-0.3, -0.25) is 4.79 Å². The topological polar surface area (TPSA) is 63.3 Å². The zero-order chi connectivity index (χ0) is 12.4. The number of aliphatic carboxylic acids is 1. The minimum absolute atomic E-state index is 0.0552. The van der Waals surface area contributed by atoms with E-state index >= 15 is 0 Å². The van der Waals surface area contributed by atoms with E-state index in [4.69, 9.17) is 10.8 Å². The number of hydrogen-bond acceptors (Lipinski definition) is 3. The van der Waals surface area contributed by atoms with Crippen molar-refractivity contribution in [3.05, 3.63) is 24.3 Å². The quantitative estimate of drug-likeness (QED) is 0.482. The van der Waals surface area contributed by atoms with Crippen LogP contribution in [0.4, 0.5) is 0 Å². The molecule has 1 atom stereocenters. The van der Waals surface area contributed by atoms with E-state index in [1.54, 1.807) is 11.8 Å². The van der Waals surface area contributed by atoms with Gasteiger partial charge in [0.05, 0.1) is 6.42 Å². The van der Waals surface area contributed by atoms with Crippen LogP contribution in [0.2, 0.25) is 0 Å². The maximum atomic E-state index is 10.4. The molecule has 0 saturated carbocycles. The van der Waals surface area contributed by atoms with Crippen LogP contribution in [0.25, 0.3) is 0 Å². The first kappa shape index (κ1) is 15.3. The lowest BCUT2D eigenvalue weighted by Gasteiger charge is -2.08. The summed E-state index contributed by atoms with van der Waals surface area (Å²) in [4.78, 5) is 10.4. The van der Waals surface area contributed by atoms with E-state index in [1.807, 2.05) is 6.08 Å². The SMILES string of the molecule is C=C/C(=C\CC)CSCCC(N)CC(=O)O. The van der Waals surface area contributed by atoms with Gasteiger partial charge < -0.3 is 10.8 Å². The van der Waals surface area contributed by atoms with Crippen LogP contribution in [0.3, 0.4) is 0 Å². The number of hydrogen-bond donors (Lipinski definition) is 2. The van der Waals surface area contributed by atoms with Crippen LogP contribution in [0.15, 0.2) is 24.3 Å². The zero-order valence-electron chi connectivity index (χ0n) is 9.82. The molecular weight excluding hydrogens is 222 g/mol. The van der Waals surface area contributed by atoms with Gasteiger partial charge in [-0.2, -0.15) is 11.8 Å². The van der Waals surface area contributed by atoms with Gasteiger partial charge in [0.2, 0.25) is 0 Å². The van der Waals surface area contributed by atoms with E-state index in [1.165, 1.54) is 5.57 Å². The highest BCUT2D eigenvalue weighted by Gasteiger charge is 2.07. The van der Waals surface area contributed by atoms with Crippen LogP contribution in [0, 0.1) is 0 Å². The summed E-state index contributed by atoms with van der Waals surface area (Å²) in [5, 5.41) is 8.53. The molecule has 3 N–H and O–H groups in total. The second-order valence-corrected chi connectivity index (χ2v) is 4.70. The fourth-order valence-electron chi connectivity index (χ4n) is 1.21. The lowest BCUT2D eigenvalue weighted by atomic mass is 10.2. The minimum atomic E-state index is -0.824. The summed E-state index contributed by atoms with van der Waals surface area (Å²) < 4.78 is 0. The molecule has 0 aliphatic rings. The molecule has 0 rings (SSSR count). The van der Waals surface area contributed by atoms with Crippen LogP contribution >= 0.6 is 11.8 Å². The first-order chi connectivity index (χ1) is 7.60. The Kier molecular flexibility index (Phi) is 9.04. The van der Waals surface area contributed by atoms with Crippen LogP contribution < -0.4 is 5.73 Å². The number of carboxylic acids is 1. The van der Waals surface area contributed by atoms with Crippen LogP contribution in [0.5, 0.6) is 0 Å². The Labute approximate surface area is 102 Å². The molecule has 0 heterocycles. The monoisotopic (exact) mass is 243 g/mol. The third-order valence-electron chi connectivity index (χ3n) is 2.07. The van der Waals surface area contributed by atoms with Crippen molar-refractivity contribution in [1.82, 2.24) is 0 Å². The van der Waals surface area contributed by atoms with E-state index in [-0.39, 0.29) is 12.5 Å². The van der Waals surface area contributed by atoms with Crippen molar-refractivity contribution < 1.29 is 9.90 Å². The molecule has 0 bridgehead atoms. The Morgan fingerprint density at radius 1 is 1.62 bits per heavy atom. The Balaban J connectivity index is 3.62. The van der Waals surface area contributed by atoms with E-state index < -0.39 is 5.97 Å². The molecule has 0 aromatic carbocycles. The average molecular weight is 243 g/mol. The van der Waals surface area contributed by atoms with Crippen molar-refractivity contribution in [1.29, 1.82) is 0 Å². The highest BCUT2D eigenvalue weighted by atomic mass is 32.2. The number of rotatable bonds is 9. The molecule has 4 heteroatoms. The standard InChI is InChI=1S/C12H21NO2S/c1-3-5-10(4-2)9-16-7-6-11(13)8-12(14)15/h4-5,11H,2-3,6-9,13H2,1H3,(H,14,15)/b10-5+. The van der Waals surface area contributed by atoms with Gasteiger partial charge in [-0.1, -0.05) is 25.7 Å². The van der Waals surface area contributed by atoms with Crippen LogP contribution in [-0.2, 0) is 4.79 Å². The summed E-state index contributed by atoms with van der Waals surface area (Å²) in [5.74, 6) is 0.996. The van der Waals surface area contributed by atoms with Crippen molar-refractivity contribution >= 4 is 17.7 Å². The summed E-state index contributed by atoms with van der Waals surface area (Å²) in [7, 11) is 0. The van der Waals surface area contributed by atoms with Gasteiger partial charge in [0, 0.05) is 11.8 Å². The molecule has 16 heavy (non-hydrogen) atoms. The van der Waals surface area contributed by atoms with Gasteiger partial charge in [0.1, 0.15) is 0 Å². The molecule has 1 unspecified atom stereocenters. The summed E-state index contributed by atoms with van der Waals surface area (Å²) in [6, 6.07) is -0.229. The third kappa shape index (κ3) is 8.56. The number of allylic oxidation sites excluding steroid dienone is 2. The predicted molar refractivity (Wildman–Crippen MR) is 70.7 cm³/mol. The van der Waals surface area contributed by atoms with Crippen LogP contribution in [0.1, 0.15) is 26.2 Å². The Hall–Kier alpha value is -0.740. The summed E-state index contributed by atoms with van der Waals surface area (Å²) in [6.07, 6.45) is 5.83. The third-order valence-corrected chi connectivity index (χ3v) is 3.13. The molecular formula is C12H21NO2S. The number of thioether (sulfide) groups is 1. The van der Waals surface area contributed by atoms with Gasteiger partial charge in [-0.05, 0) is 24.2 Å². The second kappa shape index (κ2) is 9.48. The van der Waals surface area contributed by atoms with Gasteiger partial charge in [-0.15, -0.1) is 0 Å². The van der Waals surface area contributed by atoms with Gasteiger partial charge in [-0.25, -0.2) is 0 Å². The van der Waals surface area contributed by atoms with E-state index in [2.05, 4.69) is 19.6 Å². The molecule has 0 aliphatic carbocycles. The highest BCUT2D eigenvalue weighted by molar-refractivity contribution is 7.99. The Morgan fingerprint density at radius 2 is 2.31 bits per heavy atom. The first-order valence-electron chi connectivity index (χ1n) is 5.46. The fourth-order valence-corrected chi connectivity index (χ4v) is 2.30. The molecule has 0 aromatic rings. The number of carbonyl (C=O) groups is 1. The summed E-state index contributed by atoms with van der Waals surface area (Å²) in [6.45, 7) is 5.84. The van der Waals surface area contributed by atoms with Crippen molar-refractivity contribution in [2.75, 3.05) is 11.5 Å². The zero-order valence-corrected chi connectivity index (χ0v) is 10.6. The van der Waals surface area contributed by atoms with Gasteiger partial charge >= 0.3 is 5.97 Å². The van der Waals surface area contributed by atoms with Crippen molar-refractivity contribution in [3.63, 3.8) is 0 Å². The second-order valence-electron chi connectivity index (χ2n) is 3.59. The summed E-state index contributed by atoms with van der Waals surface area (Å²) in [5.41, 5.74) is 6.89. The van der Waals surface area contributed by atoms with E-state index in [0.717, 1.165) is 24.3 Å². The van der Waals surface area contributed by atoms with E-state index in [0.29, 0.717) is 0 Å². The van der Waals surface area contributed by atoms with E-state index in [9.17, 15) is 4.79 Å². The lowest BCUT2D eigenvalue weighted by Crippen LogP contribution is -2.24. The van der Waals surface area contributed by atoms with Crippen molar-refractivity contribution in [3.8, 4) is 0 Å². The smallest absolute Gasteiger partial charge is 0.304 e. The van der Waals surface area contributed by atoms with Crippen molar-refractivity contribution in [2.45, 2.75) is 32.2 Å². The van der Waals surface area contributed by atoms with Gasteiger partial charge in [0.25, 0.3) is 0 Å².